The molecule has 0 aliphatic carbocycles. The van der Waals surface area contributed by atoms with Gasteiger partial charge in [-0.05, 0) is 34.9 Å². The van der Waals surface area contributed by atoms with Crippen molar-refractivity contribution < 1.29 is 50.9 Å². The van der Waals surface area contributed by atoms with E-state index in [1.165, 1.54) is 0 Å². The fourth-order valence-electron chi connectivity index (χ4n) is 3.91. The number of halogens is 6. The number of nitrogens with one attached hydrogen (secondary N) is 3. The van der Waals surface area contributed by atoms with Crippen molar-refractivity contribution in [2.45, 2.75) is 31.9 Å². The first-order chi connectivity index (χ1) is 21.8. The van der Waals surface area contributed by atoms with Crippen molar-refractivity contribution in [3.63, 3.8) is 0 Å². The molecule has 0 unspecified atom stereocenters. The molecule has 0 saturated heterocycles. The van der Waals surface area contributed by atoms with Crippen LogP contribution in [0.25, 0.3) is 10.9 Å². The van der Waals surface area contributed by atoms with Crippen LogP contribution in [0.5, 0.6) is 0 Å². The number of aliphatic carboxylic acids is 2. The molecule has 47 heavy (non-hydrogen) atoms. The van der Waals surface area contributed by atoms with E-state index in [4.69, 9.17) is 42.1 Å². The number of para-hydroxylation sites is 1. The summed E-state index contributed by atoms with van der Waals surface area (Å²) in [6, 6.07) is 23.0. The van der Waals surface area contributed by atoms with E-state index < -0.39 is 24.3 Å². The average Bonchev–Trinajstić information content (AvgIpc) is 3.32. The second-order valence-corrected chi connectivity index (χ2v) is 9.59. The van der Waals surface area contributed by atoms with Gasteiger partial charge in [-0.25, -0.2) is 9.59 Å². The summed E-state index contributed by atoms with van der Waals surface area (Å²) < 4.78 is 65.6. The highest BCUT2D eigenvalue weighted by Crippen LogP contribution is 2.23. The molecular weight excluding hydrogens is 638 g/mol. The maximum atomic E-state index is 12.7. The third kappa shape index (κ3) is 11.9. The minimum Gasteiger partial charge on any atom is -0.475 e. The first kappa shape index (κ1) is 37.3. The van der Waals surface area contributed by atoms with Gasteiger partial charge in [0.2, 0.25) is 5.91 Å². The van der Waals surface area contributed by atoms with Crippen molar-refractivity contribution >= 4 is 40.4 Å². The van der Waals surface area contributed by atoms with Gasteiger partial charge in [-0.2, -0.15) is 26.3 Å². The summed E-state index contributed by atoms with van der Waals surface area (Å²) >= 11 is 0. The van der Waals surface area contributed by atoms with E-state index in [1.807, 2.05) is 72.9 Å². The van der Waals surface area contributed by atoms with Gasteiger partial charge in [-0.15, -0.1) is 0 Å². The zero-order chi connectivity index (χ0) is 35.5. The monoisotopic (exact) mass is 666 g/mol. The summed E-state index contributed by atoms with van der Waals surface area (Å²) in [5, 5.41) is 33.5. The Hall–Kier alpha value is -5.87. The number of rotatable bonds is 8. The van der Waals surface area contributed by atoms with Crippen molar-refractivity contribution in [1.29, 1.82) is 10.8 Å². The second-order valence-electron chi connectivity index (χ2n) is 9.59. The molecule has 4 rings (SSSR count). The van der Waals surface area contributed by atoms with E-state index >= 15 is 0 Å². The van der Waals surface area contributed by atoms with E-state index in [0.29, 0.717) is 24.2 Å². The van der Waals surface area contributed by atoms with Crippen LogP contribution in [-0.4, -0.2) is 56.6 Å². The first-order valence-electron chi connectivity index (χ1n) is 13.1. The Bertz CT molecular complexity index is 1740. The molecule has 0 aliphatic rings. The Labute approximate surface area is 262 Å². The van der Waals surface area contributed by atoms with Gasteiger partial charge in [0.25, 0.3) is 0 Å². The molecule has 11 nitrogen and oxygen atoms in total. The SMILES string of the molecule is N=C(N)c1cccc(CNC(=O)Cc2cn(Cc3cccc(C(=N)N)c3)c3ccccc23)c1.O=C(O)C(F)(F)F.O=C(O)C(F)(F)F. The van der Waals surface area contributed by atoms with E-state index in [2.05, 4.69) is 9.88 Å². The lowest BCUT2D eigenvalue weighted by molar-refractivity contribution is -0.193. The van der Waals surface area contributed by atoms with Crippen molar-refractivity contribution in [2.75, 3.05) is 0 Å². The van der Waals surface area contributed by atoms with Crippen molar-refractivity contribution in [2.24, 2.45) is 11.5 Å². The lowest BCUT2D eigenvalue weighted by Gasteiger charge is -2.07. The molecule has 3 aromatic carbocycles. The Morgan fingerprint density at radius 3 is 1.70 bits per heavy atom. The Kier molecular flexibility index (Phi) is 12.6. The molecule has 1 heterocycles. The number of carboxylic acid groups (broad SMARTS) is 2. The molecule has 1 amide bonds. The fraction of sp³-hybridized carbons (Fsp3) is 0.167. The second kappa shape index (κ2) is 15.9. The molecule has 0 saturated carbocycles. The third-order valence-corrected chi connectivity index (χ3v) is 6.03. The van der Waals surface area contributed by atoms with Crippen molar-refractivity contribution in [3.05, 3.63) is 107 Å². The topological polar surface area (TPSA) is 208 Å². The summed E-state index contributed by atoms with van der Waals surface area (Å²) in [5.41, 5.74) is 16.4. The minimum absolute atomic E-state index is 0.00447. The highest BCUT2D eigenvalue weighted by molar-refractivity contribution is 5.95. The summed E-state index contributed by atoms with van der Waals surface area (Å²) in [4.78, 5) is 30.5. The largest absolute Gasteiger partial charge is 0.490 e. The number of benzene rings is 3. The lowest BCUT2D eigenvalue weighted by Crippen LogP contribution is -2.24. The lowest BCUT2D eigenvalue weighted by atomic mass is 10.1. The highest BCUT2D eigenvalue weighted by Gasteiger charge is 2.38. The maximum absolute atomic E-state index is 12.7. The minimum atomic E-state index is -5.08. The van der Waals surface area contributed by atoms with Crippen LogP contribution in [0.2, 0.25) is 0 Å². The number of hydrogen-bond donors (Lipinski definition) is 7. The van der Waals surface area contributed by atoms with Gasteiger partial charge >= 0.3 is 24.3 Å². The predicted molar refractivity (Wildman–Crippen MR) is 159 cm³/mol. The zero-order valence-electron chi connectivity index (χ0n) is 24.1. The Morgan fingerprint density at radius 2 is 1.21 bits per heavy atom. The van der Waals surface area contributed by atoms with E-state index in [1.54, 1.807) is 6.07 Å². The van der Waals surface area contributed by atoms with Crippen LogP contribution in [0.1, 0.15) is 27.8 Å². The standard InChI is InChI=1S/C26H26N6O.2C2HF3O2/c27-25(28)19-7-3-5-17(11-19)14-31-24(33)13-21-16-32(23-10-2-1-9-22(21)23)15-18-6-4-8-20(12-18)26(29)30;2*3-2(4,5)1(6)7/h1-12,16H,13-15H2,(H3,27,28)(H3,29,30)(H,31,33);2*(H,6,7). The van der Waals surface area contributed by atoms with Crippen LogP contribution in [0.4, 0.5) is 26.3 Å². The van der Waals surface area contributed by atoms with Gasteiger partial charge in [0.05, 0.1) is 6.42 Å². The van der Waals surface area contributed by atoms with Crippen LogP contribution in [0.3, 0.4) is 0 Å². The number of nitrogen functional groups attached to an aromatic ring is 2. The van der Waals surface area contributed by atoms with Gasteiger partial charge in [-0.1, -0.05) is 54.6 Å². The number of amidine groups is 2. The number of aromatic nitrogens is 1. The van der Waals surface area contributed by atoms with E-state index in [-0.39, 0.29) is 24.0 Å². The highest BCUT2D eigenvalue weighted by atomic mass is 19.4. The summed E-state index contributed by atoms with van der Waals surface area (Å²) in [5.74, 6) is -5.55. The summed E-state index contributed by atoms with van der Waals surface area (Å²) in [6.07, 6.45) is -7.89. The van der Waals surface area contributed by atoms with Crippen LogP contribution in [0.15, 0.2) is 79.0 Å². The average molecular weight is 667 g/mol. The van der Waals surface area contributed by atoms with Crippen molar-refractivity contribution in [1.82, 2.24) is 9.88 Å². The molecule has 0 atom stereocenters. The summed E-state index contributed by atoms with van der Waals surface area (Å²) in [6.45, 7) is 0.984. The molecule has 0 spiro atoms. The predicted octanol–water partition coefficient (Wildman–Crippen LogP) is 4.38. The molecule has 9 N–H and O–H groups in total. The summed E-state index contributed by atoms with van der Waals surface area (Å²) in [7, 11) is 0. The van der Waals surface area contributed by atoms with E-state index in [9.17, 15) is 31.1 Å². The van der Waals surface area contributed by atoms with Gasteiger partial charge in [0.1, 0.15) is 11.7 Å². The molecule has 0 fully saturated rings. The number of carbonyl (C=O) groups excluding carboxylic acids is 1. The first-order valence-corrected chi connectivity index (χ1v) is 13.1. The number of nitrogens with zero attached hydrogens (tertiary/aromatic N) is 1. The van der Waals surface area contributed by atoms with Gasteiger partial charge in [0.15, 0.2) is 0 Å². The molecule has 4 aromatic rings. The van der Waals surface area contributed by atoms with Crippen LogP contribution < -0.4 is 16.8 Å². The maximum Gasteiger partial charge on any atom is 0.490 e. The number of carbonyl (C=O) groups is 3. The smallest absolute Gasteiger partial charge is 0.475 e. The van der Waals surface area contributed by atoms with Crippen LogP contribution in [0, 0.1) is 10.8 Å². The Morgan fingerprint density at radius 1 is 0.745 bits per heavy atom. The normalized spacial score (nSPS) is 10.9. The number of amides is 1. The van der Waals surface area contributed by atoms with Crippen molar-refractivity contribution in [3.8, 4) is 0 Å². The van der Waals surface area contributed by atoms with Crippen LogP contribution in [-0.2, 0) is 33.9 Å². The third-order valence-electron chi connectivity index (χ3n) is 6.03. The number of carboxylic acids is 2. The number of nitrogens with two attached hydrogens (primary N) is 2. The molecule has 17 heteroatoms. The fourth-order valence-corrected chi connectivity index (χ4v) is 3.91. The molecule has 0 aliphatic heterocycles. The zero-order valence-corrected chi connectivity index (χ0v) is 24.1. The molecular formula is C30H28F6N6O5. The van der Waals surface area contributed by atoms with Gasteiger partial charge < -0.3 is 31.6 Å². The van der Waals surface area contributed by atoms with Gasteiger partial charge in [0, 0.05) is 41.3 Å². The molecule has 0 radical (unpaired) electrons. The number of fused-ring (bicyclic) bond motifs is 1. The molecule has 0 bridgehead atoms. The Balaban J connectivity index is 0.000000459. The molecule has 250 valence electrons. The van der Waals surface area contributed by atoms with Crippen LogP contribution >= 0.6 is 0 Å². The van der Waals surface area contributed by atoms with E-state index in [0.717, 1.165) is 27.6 Å². The number of alkyl halides is 6. The number of hydrogen-bond acceptors (Lipinski definition) is 5. The molecule has 1 aromatic heterocycles. The van der Waals surface area contributed by atoms with Gasteiger partial charge in [-0.3, -0.25) is 15.6 Å². The quantitative estimate of drug-likeness (QED) is 0.0819.